The minimum absolute atomic E-state index is 0.0498. The molecular formula is C14H23N2O4PS. The van der Waals surface area contributed by atoms with Gasteiger partial charge in [0, 0.05) is 38.0 Å². The molecule has 0 saturated heterocycles. The number of hydrogen-bond acceptors (Lipinski definition) is 6. The summed E-state index contributed by atoms with van der Waals surface area (Å²) in [7, 11) is 7.38. The molecule has 2 N–H and O–H groups in total. The molecule has 1 amide bonds. The van der Waals surface area contributed by atoms with Crippen molar-refractivity contribution in [3.63, 3.8) is 0 Å². The van der Waals surface area contributed by atoms with Gasteiger partial charge in [0.2, 0.25) is 0 Å². The lowest BCUT2D eigenvalue weighted by atomic mass is 10.1. The van der Waals surface area contributed by atoms with E-state index in [0.29, 0.717) is 23.8 Å². The Labute approximate surface area is 137 Å². The lowest BCUT2D eigenvalue weighted by molar-refractivity contribution is -0.122. The standard InChI is InChI=1S/C14H23N2O4PS/c1-15-14(17)9-20-10-6-12(18-2)11(13(7-10)19-3)8-16-4-5-22-21/h6-7,16H,4-5,8-9,21H2,1-3H3,(H,15,17). The van der Waals surface area contributed by atoms with E-state index in [1.54, 1.807) is 44.8 Å². The van der Waals surface area contributed by atoms with Crippen LogP contribution in [0.3, 0.4) is 0 Å². The molecule has 0 fully saturated rings. The molecule has 1 atom stereocenters. The van der Waals surface area contributed by atoms with Crippen LogP contribution in [0.2, 0.25) is 0 Å². The van der Waals surface area contributed by atoms with E-state index in [2.05, 4.69) is 19.1 Å². The third-order valence-electron chi connectivity index (χ3n) is 2.93. The third kappa shape index (κ3) is 5.91. The number of likely N-dealkylation sites (N-methyl/N-ethyl adjacent to an activating group) is 1. The maximum Gasteiger partial charge on any atom is 0.257 e. The van der Waals surface area contributed by atoms with Gasteiger partial charge in [-0.15, -0.1) is 11.4 Å². The monoisotopic (exact) mass is 346 g/mol. The minimum atomic E-state index is -0.196. The van der Waals surface area contributed by atoms with Crippen molar-refractivity contribution in [2.75, 3.05) is 40.2 Å². The number of carbonyl (C=O) groups is 1. The number of nitrogens with one attached hydrogen (secondary N) is 2. The molecule has 1 aromatic carbocycles. The molecular weight excluding hydrogens is 323 g/mol. The van der Waals surface area contributed by atoms with Crippen LogP contribution >= 0.6 is 19.8 Å². The summed E-state index contributed by atoms with van der Waals surface area (Å²) in [5, 5.41) is 5.84. The zero-order chi connectivity index (χ0) is 16.4. The molecule has 0 aliphatic rings. The third-order valence-corrected chi connectivity index (χ3v) is 4.08. The largest absolute Gasteiger partial charge is 0.496 e. The fourth-order valence-corrected chi connectivity index (χ4v) is 2.40. The van der Waals surface area contributed by atoms with Gasteiger partial charge in [-0.1, -0.05) is 8.44 Å². The molecule has 22 heavy (non-hydrogen) atoms. The number of rotatable bonds is 10. The van der Waals surface area contributed by atoms with Crippen LogP contribution < -0.4 is 24.8 Å². The SMILES string of the molecule is CNC(=O)COc1cc(OC)c(CNCCSP)c(OC)c1. The van der Waals surface area contributed by atoms with Crippen molar-refractivity contribution < 1.29 is 19.0 Å². The molecule has 1 rings (SSSR count). The van der Waals surface area contributed by atoms with Crippen LogP contribution in [0.1, 0.15) is 5.56 Å². The number of carbonyl (C=O) groups excluding carboxylic acids is 1. The predicted octanol–water partition coefficient (Wildman–Crippen LogP) is 1.44. The summed E-state index contributed by atoms with van der Waals surface area (Å²) in [4.78, 5) is 11.3. The van der Waals surface area contributed by atoms with E-state index in [-0.39, 0.29) is 12.5 Å². The first-order valence-electron chi connectivity index (χ1n) is 6.76. The number of ether oxygens (including phenoxy) is 3. The van der Waals surface area contributed by atoms with E-state index in [9.17, 15) is 4.79 Å². The van der Waals surface area contributed by atoms with E-state index >= 15 is 0 Å². The van der Waals surface area contributed by atoms with E-state index < -0.39 is 0 Å². The molecule has 0 bridgehead atoms. The molecule has 1 unspecified atom stereocenters. The van der Waals surface area contributed by atoms with Gasteiger partial charge < -0.3 is 24.8 Å². The molecule has 0 saturated carbocycles. The first-order valence-corrected chi connectivity index (χ1v) is 9.23. The summed E-state index contributed by atoms with van der Waals surface area (Å²) >= 11 is 1.70. The normalized spacial score (nSPS) is 10.2. The van der Waals surface area contributed by atoms with E-state index in [4.69, 9.17) is 14.2 Å². The Morgan fingerprint density at radius 2 is 1.91 bits per heavy atom. The summed E-state index contributed by atoms with van der Waals surface area (Å²) in [5.74, 6) is 2.66. The van der Waals surface area contributed by atoms with E-state index in [1.807, 2.05) is 0 Å². The molecule has 0 radical (unpaired) electrons. The van der Waals surface area contributed by atoms with Gasteiger partial charge in [0.25, 0.3) is 5.91 Å². The first-order chi connectivity index (χ1) is 10.7. The van der Waals surface area contributed by atoms with Gasteiger partial charge in [0.05, 0.1) is 19.8 Å². The molecule has 0 aliphatic carbocycles. The fourth-order valence-electron chi connectivity index (χ4n) is 1.78. The van der Waals surface area contributed by atoms with Crippen LogP contribution in [-0.2, 0) is 11.3 Å². The first kappa shape index (κ1) is 18.9. The van der Waals surface area contributed by atoms with Gasteiger partial charge in [0.1, 0.15) is 17.2 Å². The summed E-state index contributed by atoms with van der Waals surface area (Å²) in [6.07, 6.45) is 0. The molecule has 0 heterocycles. The van der Waals surface area contributed by atoms with Crippen LogP contribution in [0.15, 0.2) is 12.1 Å². The van der Waals surface area contributed by atoms with E-state index in [1.165, 1.54) is 0 Å². The molecule has 0 aliphatic heterocycles. The Morgan fingerprint density at radius 1 is 1.27 bits per heavy atom. The van der Waals surface area contributed by atoms with E-state index in [0.717, 1.165) is 17.9 Å². The van der Waals surface area contributed by atoms with Gasteiger partial charge in [0.15, 0.2) is 6.61 Å². The topological polar surface area (TPSA) is 68.8 Å². The molecule has 6 nitrogen and oxygen atoms in total. The Kier molecular flexibility index (Phi) is 9.04. The second-order valence-electron chi connectivity index (χ2n) is 4.32. The summed E-state index contributed by atoms with van der Waals surface area (Å²) < 4.78 is 16.3. The molecule has 8 heteroatoms. The Hall–Kier alpha value is -1.17. The van der Waals surface area contributed by atoms with Gasteiger partial charge in [-0.3, -0.25) is 4.79 Å². The summed E-state index contributed by atoms with van der Waals surface area (Å²) in [5.41, 5.74) is 0.922. The maximum absolute atomic E-state index is 11.3. The number of hydrogen-bond donors (Lipinski definition) is 2. The van der Waals surface area contributed by atoms with Crippen LogP contribution in [0, 0.1) is 0 Å². The lowest BCUT2D eigenvalue weighted by Crippen LogP contribution is -2.24. The highest BCUT2D eigenvalue weighted by Gasteiger charge is 2.13. The average Bonchev–Trinajstić information content (AvgIpc) is 2.56. The van der Waals surface area contributed by atoms with Crippen LogP contribution in [-0.4, -0.2) is 46.1 Å². The number of amides is 1. The van der Waals surface area contributed by atoms with Gasteiger partial charge in [-0.2, -0.15) is 0 Å². The molecule has 0 spiro atoms. The quantitative estimate of drug-likeness (QED) is 0.494. The molecule has 124 valence electrons. The van der Waals surface area contributed by atoms with Crippen molar-refractivity contribution in [1.29, 1.82) is 0 Å². The van der Waals surface area contributed by atoms with Crippen LogP contribution in [0.5, 0.6) is 17.2 Å². The van der Waals surface area contributed by atoms with Crippen molar-refractivity contribution >= 4 is 25.7 Å². The smallest absolute Gasteiger partial charge is 0.257 e. The number of benzene rings is 1. The minimum Gasteiger partial charge on any atom is -0.496 e. The zero-order valence-corrected chi connectivity index (χ0v) is 15.1. The molecule has 0 aromatic heterocycles. The fraction of sp³-hybridized carbons (Fsp3) is 0.500. The Balaban J connectivity index is 2.85. The van der Waals surface area contributed by atoms with Crippen molar-refractivity contribution in [3.05, 3.63) is 17.7 Å². The van der Waals surface area contributed by atoms with Gasteiger partial charge in [-0.05, 0) is 0 Å². The van der Waals surface area contributed by atoms with Gasteiger partial charge in [-0.25, -0.2) is 0 Å². The van der Waals surface area contributed by atoms with Crippen LogP contribution in [0.4, 0.5) is 0 Å². The molecule has 1 aromatic rings. The van der Waals surface area contributed by atoms with Crippen molar-refractivity contribution in [2.24, 2.45) is 0 Å². The van der Waals surface area contributed by atoms with Crippen molar-refractivity contribution in [3.8, 4) is 17.2 Å². The van der Waals surface area contributed by atoms with Crippen molar-refractivity contribution in [2.45, 2.75) is 6.54 Å². The lowest BCUT2D eigenvalue weighted by Gasteiger charge is -2.16. The highest BCUT2D eigenvalue weighted by atomic mass is 32.7. The summed E-state index contributed by atoms with van der Waals surface area (Å²) in [6.45, 7) is 1.47. The Bertz CT molecular complexity index is 463. The highest BCUT2D eigenvalue weighted by molar-refractivity contribution is 8.43. The van der Waals surface area contributed by atoms with Gasteiger partial charge >= 0.3 is 0 Å². The number of methoxy groups -OCH3 is 2. The average molecular weight is 346 g/mol. The Morgan fingerprint density at radius 3 is 2.41 bits per heavy atom. The summed E-state index contributed by atoms with van der Waals surface area (Å²) in [6, 6.07) is 3.51. The second-order valence-corrected chi connectivity index (χ2v) is 6.06. The van der Waals surface area contributed by atoms with Crippen molar-refractivity contribution in [1.82, 2.24) is 10.6 Å². The zero-order valence-electron chi connectivity index (χ0n) is 13.1. The second kappa shape index (κ2) is 10.5. The van der Waals surface area contributed by atoms with Crippen LogP contribution in [0.25, 0.3) is 0 Å². The predicted molar refractivity (Wildman–Crippen MR) is 93.0 cm³/mol. The maximum atomic E-state index is 11.3. The highest BCUT2D eigenvalue weighted by Crippen LogP contribution is 2.34.